The fourth-order valence-electron chi connectivity index (χ4n) is 3.36. The fraction of sp³-hybridized carbons (Fsp3) is 0.391. The predicted molar refractivity (Wildman–Crippen MR) is 138 cm³/mol. The van der Waals surface area contributed by atoms with Crippen LogP contribution in [0.25, 0.3) is 0 Å². The van der Waals surface area contributed by atoms with Gasteiger partial charge in [-0.3, -0.25) is 13.9 Å². The Bertz CT molecular complexity index is 1120. The van der Waals surface area contributed by atoms with E-state index >= 15 is 0 Å². The number of sulfonamides is 1. The van der Waals surface area contributed by atoms with Gasteiger partial charge in [-0.15, -0.1) is 0 Å². The van der Waals surface area contributed by atoms with E-state index in [-0.39, 0.29) is 24.2 Å². The smallest absolute Gasteiger partial charge is 0.244 e. The number of halogens is 3. The Morgan fingerprint density at radius 1 is 1.00 bits per heavy atom. The van der Waals surface area contributed by atoms with Gasteiger partial charge in [-0.25, -0.2) is 8.42 Å². The summed E-state index contributed by atoms with van der Waals surface area (Å²) in [6.45, 7) is 4.97. The van der Waals surface area contributed by atoms with E-state index in [0.29, 0.717) is 27.1 Å². The molecule has 0 heterocycles. The van der Waals surface area contributed by atoms with Crippen LogP contribution < -0.4 is 9.62 Å². The van der Waals surface area contributed by atoms with E-state index in [2.05, 4.69) is 5.32 Å². The van der Waals surface area contributed by atoms with Gasteiger partial charge in [0, 0.05) is 17.6 Å². The van der Waals surface area contributed by atoms with Gasteiger partial charge in [0.1, 0.15) is 12.6 Å². The largest absolute Gasteiger partial charge is 0.352 e. The molecule has 0 bridgehead atoms. The van der Waals surface area contributed by atoms with Gasteiger partial charge in [0.25, 0.3) is 0 Å². The van der Waals surface area contributed by atoms with Crippen molar-refractivity contribution in [2.45, 2.75) is 45.8 Å². The fourth-order valence-corrected chi connectivity index (χ4v) is 4.65. The second-order valence-electron chi connectivity index (χ2n) is 8.10. The molecule has 0 aliphatic carbocycles. The van der Waals surface area contributed by atoms with E-state index in [1.54, 1.807) is 25.1 Å². The summed E-state index contributed by atoms with van der Waals surface area (Å²) >= 11 is 18.1. The number of amides is 2. The van der Waals surface area contributed by atoms with Crippen molar-refractivity contribution in [3.05, 3.63) is 63.1 Å². The summed E-state index contributed by atoms with van der Waals surface area (Å²) < 4.78 is 26.1. The zero-order chi connectivity index (χ0) is 25.6. The Kier molecular flexibility index (Phi) is 10.1. The number of benzene rings is 2. The Labute approximate surface area is 216 Å². The maximum absolute atomic E-state index is 13.5. The maximum atomic E-state index is 13.5. The van der Waals surface area contributed by atoms with Crippen LogP contribution in [0.2, 0.25) is 15.1 Å². The summed E-state index contributed by atoms with van der Waals surface area (Å²) in [5, 5.41) is 3.93. The minimum Gasteiger partial charge on any atom is -0.352 e. The zero-order valence-electron chi connectivity index (χ0n) is 19.4. The third-order valence-corrected chi connectivity index (χ3v) is 7.08. The first-order valence-electron chi connectivity index (χ1n) is 10.6. The second-order valence-corrected chi connectivity index (χ2v) is 11.3. The molecule has 0 spiro atoms. The standard InChI is InChI=1S/C23H28Cl3N3O4S/c1-5-21(23(31)27-15(2)3)28(13-16-6-11-19(25)20(26)12-16)22(30)14-29(34(4,32)33)18-9-7-17(24)8-10-18/h6-12,15,21H,5,13-14H2,1-4H3,(H,27,31)/t21-/m1/s1. The van der Waals surface area contributed by atoms with Gasteiger partial charge in [0.15, 0.2) is 0 Å². The molecule has 1 atom stereocenters. The van der Waals surface area contributed by atoms with Crippen LogP contribution in [0.15, 0.2) is 42.5 Å². The molecule has 0 saturated carbocycles. The predicted octanol–water partition coefficient (Wildman–Crippen LogP) is 4.74. The van der Waals surface area contributed by atoms with Crippen molar-refractivity contribution in [1.82, 2.24) is 10.2 Å². The van der Waals surface area contributed by atoms with Gasteiger partial charge in [-0.2, -0.15) is 0 Å². The molecule has 0 saturated heterocycles. The van der Waals surface area contributed by atoms with Crippen LogP contribution in [0.4, 0.5) is 5.69 Å². The van der Waals surface area contributed by atoms with Gasteiger partial charge in [-0.1, -0.05) is 47.8 Å². The van der Waals surface area contributed by atoms with Crippen molar-refractivity contribution >= 4 is 62.3 Å². The number of carbonyl (C=O) groups excluding carboxylic acids is 2. The molecule has 0 aromatic heterocycles. The average molecular weight is 549 g/mol. The topological polar surface area (TPSA) is 86.8 Å². The molecule has 2 aromatic rings. The number of rotatable bonds is 10. The monoisotopic (exact) mass is 547 g/mol. The molecule has 11 heteroatoms. The van der Waals surface area contributed by atoms with Gasteiger partial charge in [0.05, 0.1) is 22.0 Å². The van der Waals surface area contributed by atoms with E-state index in [1.807, 2.05) is 13.8 Å². The van der Waals surface area contributed by atoms with Crippen molar-refractivity contribution < 1.29 is 18.0 Å². The van der Waals surface area contributed by atoms with Gasteiger partial charge in [-0.05, 0) is 62.2 Å². The number of nitrogens with zero attached hydrogens (tertiary/aromatic N) is 2. The summed E-state index contributed by atoms with van der Waals surface area (Å²) in [5.41, 5.74) is 0.936. The summed E-state index contributed by atoms with van der Waals surface area (Å²) in [5.74, 6) is -0.875. The molecule has 7 nitrogen and oxygen atoms in total. The molecule has 0 radical (unpaired) electrons. The van der Waals surface area contributed by atoms with Crippen LogP contribution in [0.5, 0.6) is 0 Å². The summed E-state index contributed by atoms with van der Waals surface area (Å²) in [6.07, 6.45) is 1.34. The highest BCUT2D eigenvalue weighted by molar-refractivity contribution is 7.92. The molecule has 34 heavy (non-hydrogen) atoms. The highest BCUT2D eigenvalue weighted by Gasteiger charge is 2.32. The first-order chi connectivity index (χ1) is 15.8. The Balaban J connectivity index is 2.45. The highest BCUT2D eigenvalue weighted by Crippen LogP contribution is 2.25. The molecule has 0 aliphatic heterocycles. The lowest BCUT2D eigenvalue weighted by Crippen LogP contribution is -2.53. The highest BCUT2D eigenvalue weighted by atomic mass is 35.5. The van der Waals surface area contributed by atoms with Crippen molar-refractivity contribution in [3.8, 4) is 0 Å². The molecule has 2 rings (SSSR count). The van der Waals surface area contributed by atoms with E-state index in [0.717, 1.165) is 10.6 Å². The molecule has 186 valence electrons. The van der Waals surface area contributed by atoms with Crippen molar-refractivity contribution in [3.63, 3.8) is 0 Å². The van der Waals surface area contributed by atoms with Crippen molar-refractivity contribution in [2.24, 2.45) is 0 Å². The lowest BCUT2D eigenvalue weighted by Gasteiger charge is -2.33. The summed E-state index contributed by atoms with van der Waals surface area (Å²) in [4.78, 5) is 27.8. The van der Waals surface area contributed by atoms with E-state index in [4.69, 9.17) is 34.8 Å². The van der Waals surface area contributed by atoms with E-state index < -0.39 is 28.5 Å². The molecule has 0 fully saturated rings. The van der Waals surface area contributed by atoms with Crippen LogP contribution in [0.1, 0.15) is 32.8 Å². The minimum atomic E-state index is -3.81. The number of hydrogen-bond donors (Lipinski definition) is 1. The van der Waals surface area contributed by atoms with E-state index in [9.17, 15) is 18.0 Å². The lowest BCUT2D eigenvalue weighted by molar-refractivity contribution is -0.140. The summed E-state index contributed by atoms with van der Waals surface area (Å²) in [6, 6.07) is 10.1. The van der Waals surface area contributed by atoms with Crippen molar-refractivity contribution in [1.29, 1.82) is 0 Å². The number of carbonyl (C=O) groups is 2. The SMILES string of the molecule is CC[C@H](C(=O)NC(C)C)N(Cc1ccc(Cl)c(Cl)c1)C(=O)CN(c1ccc(Cl)cc1)S(C)(=O)=O. The van der Waals surface area contributed by atoms with Crippen molar-refractivity contribution in [2.75, 3.05) is 17.1 Å². The van der Waals surface area contributed by atoms with Crippen LogP contribution in [-0.2, 0) is 26.2 Å². The Morgan fingerprint density at radius 2 is 1.62 bits per heavy atom. The Morgan fingerprint density at radius 3 is 2.12 bits per heavy atom. The first kappa shape index (κ1) is 28.2. The molecule has 2 aromatic carbocycles. The van der Waals surface area contributed by atoms with Gasteiger partial charge in [0.2, 0.25) is 21.8 Å². The van der Waals surface area contributed by atoms with Crippen LogP contribution in [0.3, 0.4) is 0 Å². The third kappa shape index (κ3) is 7.77. The van der Waals surface area contributed by atoms with Gasteiger partial charge < -0.3 is 10.2 Å². The normalized spacial score (nSPS) is 12.4. The van der Waals surface area contributed by atoms with Crippen LogP contribution in [-0.4, -0.2) is 50.0 Å². The van der Waals surface area contributed by atoms with E-state index in [1.165, 1.54) is 29.2 Å². The molecular weight excluding hydrogens is 521 g/mol. The molecule has 0 unspecified atom stereocenters. The molecule has 2 amide bonds. The average Bonchev–Trinajstić information content (AvgIpc) is 2.73. The quantitative estimate of drug-likeness (QED) is 0.464. The second kappa shape index (κ2) is 12.1. The number of anilines is 1. The van der Waals surface area contributed by atoms with Gasteiger partial charge >= 0.3 is 0 Å². The minimum absolute atomic E-state index is 0.0396. The molecule has 1 N–H and O–H groups in total. The Hall–Kier alpha value is -2.00. The van der Waals surface area contributed by atoms with Crippen LogP contribution >= 0.6 is 34.8 Å². The molecule has 0 aliphatic rings. The summed E-state index contributed by atoms with van der Waals surface area (Å²) in [7, 11) is -3.81. The maximum Gasteiger partial charge on any atom is 0.244 e. The number of hydrogen-bond acceptors (Lipinski definition) is 4. The first-order valence-corrected chi connectivity index (χ1v) is 13.6. The molecular formula is C23H28Cl3N3O4S. The third-order valence-electron chi connectivity index (χ3n) is 4.95. The van der Waals surface area contributed by atoms with Crippen LogP contribution in [0, 0.1) is 0 Å². The zero-order valence-corrected chi connectivity index (χ0v) is 22.5. The lowest BCUT2D eigenvalue weighted by atomic mass is 10.1. The number of nitrogens with one attached hydrogen (secondary N) is 1.